The van der Waals surface area contributed by atoms with Crippen molar-refractivity contribution in [2.24, 2.45) is 4.99 Å². The number of guanidine groups is 1. The molecule has 0 spiro atoms. The number of hydrogen-bond acceptors (Lipinski definition) is 4. The third-order valence-electron chi connectivity index (χ3n) is 4.96. The first-order valence-electron chi connectivity index (χ1n) is 10.0. The number of piperazine rings is 1. The lowest BCUT2D eigenvalue weighted by atomic mass is 10.2. The van der Waals surface area contributed by atoms with E-state index in [-0.39, 0.29) is 5.75 Å². The molecule has 1 heterocycles. The SMILES string of the molecule is CCN1CCN(CCCCNC(=NC)NCc2ccccc2OC(F)F)CC1. The second kappa shape index (κ2) is 12.5. The van der Waals surface area contributed by atoms with Gasteiger partial charge in [0.15, 0.2) is 5.96 Å². The highest BCUT2D eigenvalue weighted by Gasteiger charge is 2.14. The fourth-order valence-electron chi connectivity index (χ4n) is 3.26. The van der Waals surface area contributed by atoms with Crippen LogP contribution in [0.15, 0.2) is 29.3 Å². The summed E-state index contributed by atoms with van der Waals surface area (Å²) in [6.45, 7) is 7.50. The minimum atomic E-state index is -2.83. The molecule has 1 aromatic carbocycles. The molecule has 28 heavy (non-hydrogen) atoms. The molecule has 0 aliphatic carbocycles. The van der Waals surface area contributed by atoms with Crippen molar-refractivity contribution in [1.82, 2.24) is 20.4 Å². The summed E-state index contributed by atoms with van der Waals surface area (Å²) < 4.78 is 29.5. The topological polar surface area (TPSA) is 52.1 Å². The fourth-order valence-corrected chi connectivity index (χ4v) is 3.26. The van der Waals surface area contributed by atoms with Gasteiger partial charge in [0.25, 0.3) is 0 Å². The van der Waals surface area contributed by atoms with Crippen LogP contribution in [0.2, 0.25) is 0 Å². The molecule has 2 N–H and O–H groups in total. The molecular formula is C20H33F2N5O. The van der Waals surface area contributed by atoms with Gasteiger partial charge in [-0.25, -0.2) is 0 Å². The number of nitrogens with zero attached hydrogens (tertiary/aromatic N) is 3. The summed E-state index contributed by atoms with van der Waals surface area (Å²) in [5.41, 5.74) is 0.664. The lowest BCUT2D eigenvalue weighted by Crippen LogP contribution is -2.46. The number of alkyl halides is 2. The van der Waals surface area contributed by atoms with E-state index in [2.05, 4.69) is 37.1 Å². The summed E-state index contributed by atoms with van der Waals surface area (Å²) >= 11 is 0. The van der Waals surface area contributed by atoms with Crippen molar-refractivity contribution in [3.63, 3.8) is 0 Å². The molecule has 1 aromatic rings. The van der Waals surface area contributed by atoms with Gasteiger partial charge in [0.2, 0.25) is 0 Å². The van der Waals surface area contributed by atoms with Crippen molar-refractivity contribution in [3.05, 3.63) is 29.8 Å². The Kier molecular flexibility index (Phi) is 9.99. The zero-order chi connectivity index (χ0) is 20.2. The quantitative estimate of drug-likeness (QED) is 0.361. The molecule has 1 aliphatic rings. The maximum atomic E-state index is 12.5. The van der Waals surface area contributed by atoms with Crippen LogP contribution >= 0.6 is 0 Å². The first-order valence-corrected chi connectivity index (χ1v) is 10.0. The van der Waals surface area contributed by atoms with E-state index >= 15 is 0 Å². The Morgan fingerprint density at radius 2 is 1.82 bits per heavy atom. The van der Waals surface area contributed by atoms with E-state index in [1.165, 1.54) is 13.1 Å². The molecule has 0 bridgehead atoms. The van der Waals surface area contributed by atoms with Crippen LogP contribution in [0.4, 0.5) is 8.78 Å². The van der Waals surface area contributed by atoms with Gasteiger partial charge in [-0.15, -0.1) is 0 Å². The van der Waals surface area contributed by atoms with Crippen LogP contribution in [0, 0.1) is 0 Å². The molecule has 158 valence electrons. The van der Waals surface area contributed by atoms with Gasteiger partial charge in [0.1, 0.15) is 5.75 Å². The molecule has 1 aliphatic heterocycles. The summed E-state index contributed by atoms with van der Waals surface area (Å²) in [5, 5.41) is 6.43. The number of nitrogens with one attached hydrogen (secondary N) is 2. The Bertz CT molecular complexity index is 592. The van der Waals surface area contributed by atoms with Crippen molar-refractivity contribution in [2.75, 3.05) is 52.9 Å². The van der Waals surface area contributed by atoms with Crippen molar-refractivity contribution >= 4 is 5.96 Å². The van der Waals surface area contributed by atoms with Crippen LogP contribution in [0.25, 0.3) is 0 Å². The summed E-state index contributed by atoms with van der Waals surface area (Å²) in [7, 11) is 1.70. The van der Waals surface area contributed by atoms with Gasteiger partial charge >= 0.3 is 6.61 Å². The Labute approximate surface area is 166 Å². The molecule has 1 fully saturated rings. The van der Waals surface area contributed by atoms with Crippen LogP contribution in [-0.2, 0) is 6.54 Å². The number of hydrogen-bond donors (Lipinski definition) is 2. The van der Waals surface area contributed by atoms with E-state index in [9.17, 15) is 8.78 Å². The predicted octanol–water partition coefficient (Wildman–Crippen LogP) is 2.37. The number of rotatable bonds is 10. The molecule has 2 rings (SSSR count). The summed E-state index contributed by atoms with van der Waals surface area (Å²) in [5.74, 6) is 0.840. The number of benzene rings is 1. The Morgan fingerprint density at radius 3 is 2.50 bits per heavy atom. The lowest BCUT2D eigenvalue weighted by molar-refractivity contribution is -0.0504. The van der Waals surface area contributed by atoms with Crippen molar-refractivity contribution in [1.29, 1.82) is 0 Å². The molecule has 8 heteroatoms. The van der Waals surface area contributed by atoms with E-state index in [1.807, 2.05) is 0 Å². The van der Waals surface area contributed by atoms with Gasteiger partial charge in [-0.3, -0.25) is 4.99 Å². The second-order valence-electron chi connectivity index (χ2n) is 6.82. The molecule has 0 unspecified atom stereocenters. The lowest BCUT2D eigenvalue weighted by Gasteiger charge is -2.34. The maximum Gasteiger partial charge on any atom is 0.387 e. The minimum Gasteiger partial charge on any atom is -0.434 e. The molecule has 0 amide bonds. The average molecular weight is 398 g/mol. The van der Waals surface area contributed by atoms with Crippen LogP contribution in [0.5, 0.6) is 5.75 Å². The predicted molar refractivity (Wildman–Crippen MR) is 109 cm³/mol. The van der Waals surface area contributed by atoms with Crippen LogP contribution < -0.4 is 15.4 Å². The van der Waals surface area contributed by atoms with Gasteiger partial charge in [0, 0.05) is 51.9 Å². The van der Waals surface area contributed by atoms with Gasteiger partial charge in [-0.1, -0.05) is 25.1 Å². The van der Waals surface area contributed by atoms with E-state index < -0.39 is 6.61 Å². The van der Waals surface area contributed by atoms with Gasteiger partial charge in [-0.05, 0) is 32.0 Å². The van der Waals surface area contributed by atoms with E-state index in [1.54, 1.807) is 31.3 Å². The maximum absolute atomic E-state index is 12.5. The molecule has 0 radical (unpaired) electrons. The molecule has 1 saturated heterocycles. The molecule has 0 aromatic heterocycles. The summed E-state index contributed by atoms with van der Waals surface area (Å²) in [6.07, 6.45) is 2.20. The van der Waals surface area contributed by atoms with E-state index in [0.717, 1.165) is 45.6 Å². The van der Waals surface area contributed by atoms with Gasteiger partial charge in [0.05, 0.1) is 0 Å². The van der Waals surface area contributed by atoms with Crippen molar-refractivity contribution in [2.45, 2.75) is 32.9 Å². The zero-order valence-electron chi connectivity index (χ0n) is 17.0. The Morgan fingerprint density at radius 1 is 1.11 bits per heavy atom. The second-order valence-corrected chi connectivity index (χ2v) is 6.82. The Balaban J connectivity index is 1.63. The highest BCUT2D eigenvalue weighted by molar-refractivity contribution is 5.79. The number of halogens is 2. The van der Waals surface area contributed by atoms with Gasteiger partial charge < -0.3 is 25.2 Å². The smallest absolute Gasteiger partial charge is 0.387 e. The summed E-state index contributed by atoms with van der Waals surface area (Å²) in [6, 6.07) is 6.78. The highest BCUT2D eigenvalue weighted by atomic mass is 19.3. The minimum absolute atomic E-state index is 0.184. The third kappa shape index (κ3) is 7.98. The standard InChI is InChI=1S/C20H33F2N5O/c1-3-26-12-14-27(15-13-26)11-7-6-10-24-20(23-2)25-16-17-8-4-5-9-18(17)28-19(21)22/h4-5,8-9,19H,3,6-7,10-16H2,1-2H3,(H2,23,24,25). The number of unbranched alkanes of at least 4 members (excludes halogenated alkanes) is 1. The largest absolute Gasteiger partial charge is 0.434 e. The number of aliphatic imine (C=N–C) groups is 1. The molecule has 0 saturated carbocycles. The number of likely N-dealkylation sites (N-methyl/N-ethyl adjacent to an activating group) is 1. The number of ether oxygens (including phenoxy) is 1. The first-order chi connectivity index (χ1) is 13.6. The van der Waals surface area contributed by atoms with E-state index in [0.29, 0.717) is 18.1 Å². The van der Waals surface area contributed by atoms with Gasteiger partial charge in [-0.2, -0.15) is 8.78 Å². The average Bonchev–Trinajstić information content (AvgIpc) is 2.71. The molecule has 6 nitrogen and oxygen atoms in total. The normalized spacial score (nSPS) is 16.4. The Hall–Kier alpha value is -1.93. The van der Waals surface area contributed by atoms with Crippen LogP contribution in [-0.4, -0.2) is 75.2 Å². The fraction of sp³-hybridized carbons (Fsp3) is 0.650. The molecular weight excluding hydrogens is 364 g/mol. The van der Waals surface area contributed by atoms with Crippen LogP contribution in [0.3, 0.4) is 0 Å². The van der Waals surface area contributed by atoms with Crippen molar-refractivity contribution < 1.29 is 13.5 Å². The zero-order valence-corrected chi connectivity index (χ0v) is 17.0. The third-order valence-corrected chi connectivity index (χ3v) is 4.96. The monoisotopic (exact) mass is 397 g/mol. The van der Waals surface area contributed by atoms with E-state index in [4.69, 9.17) is 0 Å². The van der Waals surface area contributed by atoms with Crippen molar-refractivity contribution in [3.8, 4) is 5.75 Å². The first kappa shape index (κ1) is 22.4. The molecule has 0 atom stereocenters. The number of para-hydroxylation sites is 1. The van der Waals surface area contributed by atoms with Crippen LogP contribution in [0.1, 0.15) is 25.3 Å². The highest BCUT2D eigenvalue weighted by Crippen LogP contribution is 2.19. The summed E-state index contributed by atoms with van der Waals surface area (Å²) in [4.78, 5) is 9.20.